The first kappa shape index (κ1) is 23.4. The molecule has 0 radical (unpaired) electrons. The van der Waals surface area contributed by atoms with Gasteiger partial charge >= 0.3 is 19.8 Å². The number of hydrogen-bond donors (Lipinski definition) is 1. The van der Waals surface area contributed by atoms with Crippen molar-refractivity contribution in [2.75, 3.05) is 27.1 Å². The van der Waals surface area contributed by atoms with E-state index in [1.54, 1.807) is 20.8 Å². The lowest BCUT2D eigenvalue weighted by atomic mass is 9.87. The summed E-state index contributed by atoms with van der Waals surface area (Å²) >= 11 is 0.960. The van der Waals surface area contributed by atoms with Crippen LogP contribution in [0.5, 0.6) is 0 Å². The zero-order valence-electron chi connectivity index (χ0n) is 16.5. The van der Waals surface area contributed by atoms with E-state index in [-0.39, 0.29) is 19.6 Å². The zero-order chi connectivity index (χ0) is 21.7. The topological polar surface area (TPSA) is 139 Å². The highest BCUT2D eigenvalue weighted by molar-refractivity contribution is 7.48. The molecule has 1 fully saturated rings. The standard InChI is InChI=1S/C16H23N2O9PS/c1-10-7-18-29-12(10)15(21)24-9-26-28(22)25-8-16(2,3)13(27-28)14(20)17-6-5-11(19)23-4/h7,13H,5-6,8-9H2,1-4H3,(H,17,20)/t13-,28+/m0/s1. The summed E-state index contributed by atoms with van der Waals surface area (Å²) in [5, 5.41) is 2.52. The molecule has 1 aliphatic rings. The van der Waals surface area contributed by atoms with E-state index < -0.39 is 44.0 Å². The van der Waals surface area contributed by atoms with Crippen LogP contribution < -0.4 is 5.32 Å². The minimum atomic E-state index is -4.15. The second-order valence-electron chi connectivity index (χ2n) is 6.83. The Hall–Kier alpha value is -1.85. The van der Waals surface area contributed by atoms with Gasteiger partial charge in [-0.05, 0) is 24.0 Å². The second kappa shape index (κ2) is 9.77. The summed E-state index contributed by atoms with van der Waals surface area (Å²) in [7, 11) is -2.91. The Balaban J connectivity index is 1.91. The quantitative estimate of drug-likeness (QED) is 0.354. The molecule has 1 N–H and O–H groups in total. The van der Waals surface area contributed by atoms with Crippen LogP contribution in [-0.2, 0) is 37.2 Å². The lowest BCUT2D eigenvalue weighted by Crippen LogP contribution is -2.50. The van der Waals surface area contributed by atoms with Crippen molar-refractivity contribution in [1.29, 1.82) is 0 Å². The first-order valence-corrected chi connectivity index (χ1v) is 10.8. The first-order chi connectivity index (χ1) is 13.6. The SMILES string of the molecule is COC(=O)CCNC(=O)[C@@H]1O[P@@](=O)(OCOC(=O)c2sncc2C)OCC1(C)C. The highest BCUT2D eigenvalue weighted by Gasteiger charge is 2.49. The molecule has 1 aliphatic heterocycles. The Bertz CT molecular complexity index is 810. The van der Waals surface area contributed by atoms with Crippen LogP contribution in [0.15, 0.2) is 6.20 Å². The van der Waals surface area contributed by atoms with Gasteiger partial charge in [-0.15, -0.1) is 0 Å². The van der Waals surface area contributed by atoms with Crippen molar-refractivity contribution in [2.24, 2.45) is 5.41 Å². The highest BCUT2D eigenvalue weighted by Crippen LogP contribution is 2.57. The lowest BCUT2D eigenvalue weighted by Gasteiger charge is -2.39. The average Bonchev–Trinajstić information content (AvgIpc) is 3.09. The van der Waals surface area contributed by atoms with Crippen molar-refractivity contribution >= 4 is 37.2 Å². The number of esters is 2. The average molecular weight is 450 g/mol. The van der Waals surface area contributed by atoms with Crippen molar-refractivity contribution in [1.82, 2.24) is 9.69 Å². The van der Waals surface area contributed by atoms with Crippen LogP contribution in [0.2, 0.25) is 0 Å². The number of methoxy groups -OCH3 is 1. The lowest BCUT2D eigenvalue weighted by molar-refractivity contribution is -0.144. The van der Waals surface area contributed by atoms with E-state index in [0.29, 0.717) is 10.4 Å². The van der Waals surface area contributed by atoms with Crippen LogP contribution in [0.4, 0.5) is 0 Å². The minimum absolute atomic E-state index is 0.0208. The Morgan fingerprint density at radius 1 is 1.41 bits per heavy atom. The normalized spacial score (nSPS) is 23.2. The third-order valence-electron chi connectivity index (χ3n) is 3.97. The molecule has 2 atom stereocenters. The molecule has 162 valence electrons. The zero-order valence-corrected chi connectivity index (χ0v) is 18.2. The van der Waals surface area contributed by atoms with Crippen LogP contribution >= 0.6 is 19.4 Å². The summed E-state index contributed by atoms with van der Waals surface area (Å²) < 4.78 is 41.4. The number of aromatic nitrogens is 1. The van der Waals surface area contributed by atoms with Gasteiger partial charge in [0.05, 0.1) is 20.1 Å². The maximum absolute atomic E-state index is 12.7. The molecule has 0 aromatic carbocycles. The van der Waals surface area contributed by atoms with Gasteiger partial charge in [0.15, 0.2) is 6.10 Å². The van der Waals surface area contributed by atoms with Gasteiger partial charge in [-0.25, -0.2) is 18.3 Å². The third-order valence-corrected chi connectivity index (χ3v) is 6.19. The molecule has 1 aromatic rings. The van der Waals surface area contributed by atoms with Gasteiger partial charge in [0.25, 0.3) is 0 Å². The van der Waals surface area contributed by atoms with E-state index in [2.05, 4.69) is 14.4 Å². The van der Waals surface area contributed by atoms with E-state index in [0.717, 1.165) is 11.5 Å². The van der Waals surface area contributed by atoms with Crippen molar-refractivity contribution in [2.45, 2.75) is 33.3 Å². The number of ether oxygens (including phenoxy) is 2. The molecule has 2 rings (SSSR count). The monoisotopic (exact) mass is 450 g/mol. The van der Waals surface area contributed by atoms with Gasteiger partial charge in [0.1, 0.15) is 4.88 Å². The number of aryl methyl sites for hydroxylation is 1. The van der Waals surface area contributed by atoms with Gasteiger partial charge < -0.3 is 14.8 Å². The van der Waals surface area contributed by atoms with Crippen LogP contribution in [0.3, 0.4) is 0 Å². The number of rotatable bonds is 8. The number of nitrogens with zero attached hydrogens (tertiary/aromatic N) is 1. The highest BCUT2D eigenvalue weighted by atomic mass is 32.1. The van der Waals surface area contributed by atoms with Crippen molar-refractivity contribution in [3.8, 4) is 0 Å². The maximum atomic E-state index is 12.7. The molecule has 1 aromatic heterocycles. The van der Waals surface area contributed by atoms with Crippen molar-refractivity contribution in [3.63, 3.8) is 0 Å². The van der Waals surface area contributed by atoms with E-state index in [1.165, 1.54) is 13.3 Å². The van der Waals surface area contributed by atoms with Crippen LogP contribution in [0.25, 0.3) is 0 Å². The van der Waals surface area contributed by atoms with Crippen LogP contribution in [0, 0.1) is 12.3 Å². The molecule has 0 unspecified atom stereocenters. The Morgan fingerprint density at radius 3 is 2.76 bits per heavy atom. The molecule has 11 nitrogen and oxygen atoms in total. The number of phosphoric ester groups is 1. The predicted octanol–water partition coefficient (Wildman–Crippen LogP) is 1.81. The number of carbonyl (C=O) groups excluding carboxylic acids is 3. The molecule has 13 heteroatoms. The molecule has 29 heavy (non-hydrogen) atoms. The van der Waals surface area contributed by atoms with Gasteiger partial charge in [0, 0.05) is 18.2 Å². The summed E-state index contributed by atoms with van der Waals surface area (Å²) in [5.74, 6) is -1.75. The fourth-order valence-electron chi connectivity index (χ4n) is 2.27. The summed E-state index contributed by atoms with van der Waals surface area (Å²) in [6, 6.07) is 0. The van der Waals surface area contributed by atoms with Gasteiger partial charge in [-0.3, -0.25) is 18.6 Å². The Kier molecular flexibility index (Phi) is 7.89. The van der Waals surface area contributed by atoms with Gasteiger partial charge in [-0.1, -0.05) is 13.8 Å². The number of hydrogen-bond acceptors (Lipinski definition) is 11. The summed E-state index contributed by atoms with van der Waals surface area (Å²) in [6.07, 6.45) is 0.329. The molecule has 0 bridgehead atoms. The molecular formula is C16H23N2O9PS. The summed E-state index contributed by atoms with van der Waals surface area (Å²) in [4.78, 5) is 35.8. The van der Waals surface area contributed by atoms with Crippen LogP contribution in [-0.4, -0.2) is 55.4 Å². The Labute approximate surface area is 171 Å². The van der Waals surface area contributed by atoms with E-state index in [9.17, 15) is 18.9 Å². The molecule has 1 amide bonds. The first-order valence-electron chi connectivity index (χ1n) is 8.58. The fourth-order valence-corrected chi connectivity index (χ4v) is 4.43. The van der Waals surface area contributed by atoms with Crippen LogP contribution in [0.1, 0.15) is 35.5 Å². The smallest absolute Gasteiger partial charge is 0.469 e. The third kappa shape index (κ3) is 6.31. The molecule has 2 heterocycles. The fraction of sp³-hybridized carbons (Fsp3) is 0.625. The summed E-state index contributed by atoms with van der Waals surface area (Å²) in [6.45, 7) is 4.31. The minimum Gasteiger partial charge on any atom is -0.469 e. The van der Waals surface area contributed by atoms with Crippen molar-refractivity contribution in [3.05, 3.63) is 16.6 Å². The number of nitrogens with one attached hydrogen (secondary N) is 1. The molecule has 1 saturated heterocycles. The van der Waals surface area contributed by atoms with Gasteiger partial charge in [0.2, 0.25) is 12.7 Å². The maximum Gasteiger partial charge on any atom is 0.478 e. The van der Waals surface area contributed by atoms with E-state index in [4.69, 9.17) is 18.3 Å². The van der Waals surface area contributed by atoms with Gasteiger partial charge in [-0.2, -0.15) is 0 Å². The molecular weight excluding hydrogens is 427 g/mol. The molecule has 0 aliphatic carbocycles. The second-order valence-corrected chi connectivity index (χ2v) is 9.25. The number of phosphoric acid groups is 1. The summed E-state index contributed by atoms with van der Waals surface area (Å²) in [5.41, 5.74) is -0.175. The molecule has 0 spiro atoms. The van der Waals surface area contributed by atoms with E-state index in [1.807, 2.05) is 0 Å². The number of amides is 1. The number of carbonyl (C=O) groups is 3. The predicted molar refractivity (Wildman–Crippen MR) is 100 cm³/mol. The Morgan fingerprint density at radius 2 is 2.14 bits per heavy atom. The van der Waals surface area contributed by atoms with E-state index >= 15 is 0 Å². The van der Waals surface area contributed by atoms with Crippen molar-refractivity contribution < 1.29 is 42.0 Å². The largest absolute Gasteiger partial charge is 0.478 e. The molecule has 0 saturated carbocycles.